The SMILES string of the molecule is CCN(CCNc1cc(NC)nc(N)n1)C1CC1. The quantitative estimate of drug-likeness (QED) is 0.670. The lowest BCUT2D eigenvalue weighted by molar-refractivity contribution is 0.289. The van der Waals surface area contributed by atoms with E-state index >= 15 is 0 Å². The summed E-state index contributed by atoms with van der Waals surface area (Å²) in [4.78, 5) is 10.7. The number of rotatable bonds is 7. The molecule has 1 aromatic rings. The molecule has 18 heavy (non-hydrogen) atoms. The van der Waals surface area contributed by atoms with Crippen LogP contribution in [0.2, 0.25) is 0 Å². The van der Waals surface area contributed by atoms with Crippen LogP contribution in [-0.2, 0) is 0 Å². The average molecular weight is 250 g/mol. The standard InChI is InChI=1S/C12H22N6/c1-3-18(9-4-5-9)7-6-15-11-8-10(14-2)16-12(13)17-11/h8-9H,3-7H2,1-2H3,(H4,13,14,15,16,17). The van der Waals surface area contributed by atoms with Crippen molar-refractivity contribution in [3.8, 4) is 0 Å². The molecule has 0 radical (unpaired) electrons. The van der Waals surface area contributed by atoms with Gasteiger partial charge in [-0.05, 0) is 19.4 Å². The molecule has 1 aromatic heterocycles. The van der Waals surface area contributed by atoms with Crippen molar-refractivity contribution in [2.75, 3.05) is 43.0 Å². The Balaban J connectivity index is 1.83. The van der Waals surface area contributed by atoms with Crippen molar-refractivity contribution >= 4 is 17.6 Å². The van der Waals surface area contributed by atoms with Gasteiger partial charge in [0.05, 0.1) is 0 Å². The van der Waals surface area contributed by atoms with Gasteiger partial charge in [0.25, 0.3) is 0 Å². The van der Waals surface area contributed by atoms with Crippen LogP contribution in [0.15, 0.2) is 6.07 Å². The summed E-state index contributed by atoms with van der Waals surface area (Å²) in [7, 11) is 1.82. The Morgan fingerprint density at radius 2 is 2.11 bits per heavy atom. The summed E-state index contributed by atoms with van der Waals surface area (Å²) in [5, 5.41) is 6.26. The van der Waals surface area contributed by atoms with Crippen LogP contribution in [0.4, 0.5) is 17.6 Å². The van der Waals surface area contributed by atoms with Gasteiger partial charge in [-0.25, -0.2) is 0 Å². The van der Waals surface area contributed by atoms with E-state index < -0.39 is 0 Å². The molecule has 0 unspecified atom stereocenters. The Morgan fingerprint density at radius 1 is 1.39 bits per heavy atom. The van der Waals surface area contributed by atoms with Crippen molar-refractivity contribution < 1.29 is 0 Å². The summed E-state index contributed by atoms with van der Waals surface area (Å²) >= 11 is 0. The van der Waals surface area contributed by atoms with Crippen molar-refractivity contribution in [1.82, 2.24) is 14.9 Å². The fourth-order valence-corrected chi connectivity index (χ4v) is 2.05. The van der Waals surface area contributed by atoms with Gasteiger partial charge in [0.1, 0.15) is 11.6 Å². The normalized spacial score (nSPS) is 14.8. The maximum atomic E-state index is 5.64. The van der Waals surface area contributed by atoms with Crippen molar-refractivity contribution in [2.45, 2.75) is 25.8 Å². The number of likely N-dealkylation sites (N-methyl/N-ethyl adjacent to an activating group) is 1. The molecule has 1 fully saturated rings. The number of hydrogen-bond acceptors (Lipinski definition) is 6. The Morgan fingerprint density at radius 3 is 2.72 bits per heavy atom. The number of nitrogens with two attached hydrogens (primary N) is 1. The zero-order valence-electron chi connectivity index (χ0n) is 11.1. The highest BCUT2D eigenvalue weighted by Crippen LogP contribution is 2.26. The Bertz CT molecular complexity index is 390. The Hall–Kier alpha value is -1.56. The van der Waals surface area contributed by atoms with Crippen LogP contribution in [0.3, 0.4) is 0 Å². The predicted molar refractivity (Wildman–Crippen MR) is 74.7 cm³/mol. The molecular formula is C12H22N6. The second-order valence-electron chi connectivity index (χ2n) is 4.53. The largest absolute Gasteiger partial charge is 0.373 e. The summed E-state index contributed by atoms with van der Waals surface area (Å²) in [6.45, 7) is 5.24. The van der Waals surface area contributed by atoms with Crippen LogP contribution in [0.1, 0.15) is 19.8 Å². The smallest absolute Gasteiger partial charge is 0.223 e. The Labute approximate surface area is 108 Å². The lowest BCUT2D eigenvalue weighted by atomic mass is 10.4. The van der Waals surface area contributed by atoms with E-state index in [0.29, 0.717) is 5.95 Å². The van der Waals surface area contributed by atoms with Gasteiger partial charge < -0.3 is 16.4 Å². The van der Waals surface area contributed by atoms with Gasteiger partial charge in [-0.3, -0.25) is 4.90 Å². The van der Waals surface area contributed by atoms with E-state index in [2.05, 4.69) is 32.4 Å². The molecule has 6 nitrogen and oxygen atoms in total. The third kappa shape index (κ3) is 3.46. The second-order valence-corrected chi connectivity index (χ2v) is 4.53. The van der Waals surface area contributed by atoms with Crippen molar-refractivity contribution in [1.29, 1.82) is 0 Å². The molecule has 0 atom stereocenters. The molecule has 0 aromatic carbocycles. The minimum absolute atomic E-state index is 0.291. The summed E-state index contributed by atoms with van der Waals surface area (Å²) in [6, 6.07) is 2.67. The molecule has 2 rings (SSSR count). The second kappa shape index (κ2) is 5.86. The van der Waals surface area contributed by atoms with Gasteiger partial charge in [0.15, 0.2) is 0 Å². The molecule has 0 saturated heterocycles. The molecule has 1 aliphatic carbocycles. The molecule has 6 heteroatoms. The van der Waals surface area contributed by atoms with Gasteiger partial charge in [-0.1, -0.05) is 6.92 Å². The van der Waals surface area contributed by atoms with E-state index in [-0.39, 0.29) is 0 Å². The minimum Gasteiger partial charge on any atom is -0.373 e. The van der Waals surface area contributed by atoms with E-state index in [1.807, 2.05) is 13.1 Å². The van der Waals surface area contributed by atoms with E-state index in [1.54, 1.807) is 0 Å². The van der Waals surface area contributed by atoms with Gasteiger partial charge in [0.2, 0.25) is 5.95 Å². The van der Waals surface area contributed by atoms with Crippen LogP contribution in [0, 0.1) is 0 Å². The highest BCUT2D eigenvalue weighted by molar-refractivity contribution is 5.50. The number of anilines is 3. The first kappa shape index (κ1) is 12.9. The molecule has 0 amide bonds. The lowest BCUT2D eigenvalue weighted by Gasteiger charge is -2.20. The maximum absolute atomic E-state index is 5.64. The highest BCUT2D eigenvalue weighted by Gasteiger charge is 2.27. The van der Waals surface area contributed by atoms with Crippen molar-refractivity contribution in [3.05, 3.63) is 6.07 Å². The first-order valence-electron chi connectivity index (χ1n) is 6.53. The minimum atomic E-state index is 0.291. The van der Waals surface area contributed by atoms with Crippen LogP contribution >= 0.6 is 0 Å². The van der Waals surface area contributed by atoms with Crippen molar-refractivity contribution in [2.24, 2.45) is 0 Å². The monoisotopic (exact) mass is 250 g/mol. The van der Waals surface area contributed by atoms with E-state index in [9.17, 15) is 0 Å². The van der Waals surface area contributed by atoms with Crippen LogP contribution in [0.5, 0.6) is 0 Å². The molecule has 0 spiro atoms. The predicted octanol–water partition coefficient (Wildman–Crippen LogP) is 0.997. The molecule has 100 valence electrons. The average Bonchev–Trinajstić information content (AvgIpc) is 3.18. The molecule has 4 N–H and O–H groups in total. The molecule has 0 bridgehead atoms. The fraction of sp³-hybridized carbons (Fsp3) is 0.667. The number of nitrogen functional groups attached to an aromatic ring is 1. The van der Waals surface area contributed by atoms with E-state index in [4.69, 9.17) is 5.73 Å². The number of nitrogens with one attached hydrogen (secondary N) is 2. The summed E-state index contributed by atoms with van der Waals surface area (Å²) in [5.41, 5.74) is 5.64. The third-order valence-electron chi connectivity index (χ3n) is 3.17. The van der Waals surface area contributed by atoms with Crippen molar-refractivity contribution in [3.63, 3.8) is 0 Å². The number of nitrogens with zero attached hydrogens (tertiary/aromatic N) is 3. The molecule has 1 saturated carbocycles. The van der Waals surface area contributed by atoms with E-state index in [0.717, 1.165) is 37.3 Å². The number of hydrogen-bond donors (Lipinski definition) is 3. The summed E-state index contributed by atoms with van der Waals surface area (Å²) in [6.07, 6.45) is 2.69. The first-order chi connectivity index (χ1) is 8.72. The summed E-state index contributed by atoms with van der Waals surface area (Å²) < 4.78 is 0. The van der Waals surface area contributed by atoms with Gasteiger partial charge in [0, 0.05) is 32.2 Å². The Kier molecular flexibility index (Phi) is 4.19. The molecule has 1 aliphatic rings. The fourth-order valence-electron chi connectivity index (χ4n) is 2.05. The molecular weight excluding hydrogens is 228 g/mol. The zero-order chi connectivity index (χ0) is 13.0. The van der Waals surface area contributed by atoms with Crippen LogP contribution < -0.4 is 16.4 Å². The van der Waals surface area contributed by atoms with Crippen LogP contribution in [-0.4, -0.2) is 47.6 Å². The highest BCUT2D eigenvalue weighted by atomic mass is 15.2. The lowest BCUT2D eigenvalue weighted by Crippen LogP contribution is -2.31. The van der Waals surface area contributed by atoms with Crippen LogP contribution in [0.25, 0.3) is 0 Å². The number of aromatic nitrogens is 2. The van der Waals surface area contributed by atoms with Gasteiger partial charge in [-0.15, -0.1) is 0 Å². The molecule has 0 aliphatic heterocycles. The zero-order valence-corrected chi connectivity index (χ0v) is 11.1. The molecule has 1 heterocycles. The van der Waals surface area contributed by atoms with E-state index in [1.165, 1.54) is 12.8 Å². The topological polar surface area (TPSA) is 79.1 Å². The van der Waals surface area contributed by atoms with Gasteiger partial charge >= 0.3 is 0 Å². The third-order valence-corrected chi connectivity index (χ3v) is 3.17. The maximum Gasteiger partial charge on any atom is 0.223 e. The van der Waals surface area contributed by atoms with Gasteiger partial charge in [-0.2, -0.15) is 9.97 Å². The first-order valence-corrected chi connectivity index (χ1v) is 6.53. The summed E-state index contributed by atoms with van der Waals surface area (Å²) in [5.74, 6) is 1.80.